The fourth-order valence-corrected chi connectivity index (χ4v) is 4.30. The molecule has 2 amide bonds. The van der Waals surface area contributed by atoms with Crippen LogP contribution in [0.25, 0.3) is 0 Å². The second kappa shape index (κ2) is 8.48. The van der Waals surface area contributed by atoms with E-state index in [0.717, 1.165) is 45.2 Å². The highest BCUT2D eigenvalue weighted by atomic mass is 16.2. The van der Waals surface area contributed by atoms with Crippen LogP contribution in [0.15, 0.2) is 30.3 Å². The molecule has 2 aliphatic heterocycles. The Balaban J connectivity index is 1.47. The van der Waals surface area contributed by atoms with Crippen molar-refractivity contribution in [2.75, 3.05) is 26.2 Å². The number of hydrogen-bond acceptors (Lipinski definition) is 3. The Bertz CT molecular complexity index is 590. The molecule has 3 rings (SSSR count). The van der Waals surface area contributed by atoms with Gasteiger partial charge >= 0.3 is 0 Å². The van der Waals surface area contributed by atoms with Crippen molar-refractivity contribution in [2.24, 2.45) is 0 Å². The molecule has 2 aliphatic rings. The quantitative estimate of drug-likeness (QED) is 0.857. The monoisotopic (exact) mass is 343 g/mol. The van der Waals surface area contributed by atoms with Gasteiger partial charge in [0.05, 0.1) is 6.54 Å². The van der Waals surface area contributed by atoms with E-state index in [2.05, 4.69) is 22.3 Å². The summed E-state index contributed by atoms with van der Waals surface area (Å²) < 4.78 is 0. The van der Waals surface area contributed by atoms with Crippen molar-refractivity contribution < 1.29 is 9.59 Å². The van der Waals surface area contributed by atoms with Crippen LogP contribution < -0.4 is 5.32 Å². The van der Waals surface area contributed by atoms with Gasteiger partial charge < -0.3 is 10.2 Å². The third-order valence-corrected chi connectivity index (χ3v) is 5.49. The molecule has 0 spiro atoms. The van der Waals surface area contributed by atoms with Crippen LogP contribution in [0.4, 0.5) is 0 Å². The number of nitrogens with zero attached hydrogens (tertiary/aromatic N) is 2. The van der Waals surface area contributed by atoms with Crippen molar-refractivity contribution in [1.29, 1.82) is 0 Å². The van der Waals surface area contributed by atoms with Crippen molar-refractivity contribution in [3.8, 4) is 0 Å². The summed E-state index contributed by atoms with van der Waals surface area (Å²) in [5.74, 6) is 0.261. The Labute approximate surface area is 150 Å². The number of carbonyl (C=O) groups excluding carboxylic acids is 2. The molecule has 2 fully saturated rings. The lowest BCUT2D eigenvalue weighted by molar-refractivity contribution is -0.130. The first kappa shape index (κ1) is 17.9. The molecule has 2 heterocycles. The summed E-state index contributed by atoms with van der Waals surface area (Å²) >= 11 is 0. The van der Waals surface area contributed by atoms with E-state index in [-0.39, 0.29) is 17.9 Å². The van der Waals surface area contributed by atoms with Gasteiger partial charge in [0.25, 0.3) is 0 Å². The van der Waals surface area contributed by atoms with Gasteiger partial charge in [-0.3, -0.25) is 14.5 Å². The van der Waals surface area contributed by atoms with Crippen LogP contribution in [0.1, 0.15) is 38.2 Å². The molecule has 5 nitrogen and oxygen atoms in total. The maximum atomic E-state index is 12.3. The second-order valence-electron chi connectivity index (χ2n) is 7.19. The smallest absolute Gasteiger partial charge is 0.234 e. The summed E-state index contributed by atoms with van der Waals surface area (Å²) in [4.78, 5) is 28.5. The van der Waals surface area contributed by atoms with Gasteiger partial charge in [-0.25, -0.2) is 0 Å². The maximum Gasteiger partial charge on any atom is 0.234 e. The summed E-state index contributed by atoms with van der Waals surface area (Å²) in [6.45, 7) is 4.60. The molecule has 0 radical (unpaired) electrons. The molecule has 0 unspecified atom stereocenters. The molecular weight excluding hydrogens is 314 g/mol. The van der Waals surface area contributed by atoms with Gasteiger partial charge in [0.2, 0.25) is 11.8 Å². The first-order valence-corrected chi connectivity index (χ1v) is 9.47. The number of rotatable bonds is 6. The molecule has 136 valence electrons. The molecule has 2 saturated heterocycles. The van der Waals surface area contributed by atoms with Gasteiger partial charge in [-0.15, -0.1) is 0 Å². The molecule has 5 heteroatoms. The van der Waals surface area contributed by atoms with Gasteiger partial charge in [-0.2, -0.15) is 0 Å². The molecule has 0 saturated carbocycles. The third kappa shape index (κ3) is 4.60. The van der Waals surface area contributed by atoms with Crippen LogP contribution in [-0.2, 0) is 16.0 Å². The van der Waals surface area contributed by atoms with Gasteiger partial charge in [-0.05, 0) is 44.2 Å². The van der Waals surface area contributed by atoms with E-state index in [0.29, 0.717) is 19.1 Å². The van der Waals surface area contributed by atoms with Crippen molar-refractivity contribution in [1.82, 2.24) is 15.1 Å². The molecule has 2 atom stereocenters. The Morgan fingerprint density at radius 1 is 1.08 bits per heavy atom. The first-order chi connectivity index (χ1) is 12.1. The number of nitrogens with one attached hydrogen (secondary N) is 1. The van der Waals surface area contributed by atoms with E-state index in [9.17, 15) is 9.59 Å². The molecule has 0 bridgehead atoms. The molecule has 0 aromatic heterocycles. The molecule has 1 aromatic rings. The van der Waals surface area contributed by atoms with E-state index < -0.39 is 0 Å². The minimum Gasteiger partial charge on any atom is -0.355 e. The Morgan fingerprint density at radius 2 is 1.80 bits per heavy atom. The van der Waals surface area contributed by atoms with E-state index in [1.165, 1.54) is 5.56 Å². The normalized spacial score (nSPS) is 23.8. The van der Waals surface area contributed by atoms with E-state index in [1.54, 1.807) is 6.92 Å². The SMILES string of the molecule is CC(=O)N1CCC[C@@H]1[C@@H]1CCCN1CC(=O)NCCc1ccccc1. The minimum absolute atomic E-state index is 0.0928. The molecule has 25 heavy (non-hydrogen) atoms. The number of benzene rings is 1. The van der Waals surface area contributed by atoms with Crippen LogP contribution >= 0.6 is 0 Å². The minimum atomic E-state index is 0.0928. The van der Waals surface area contributed by atoms with Crippen LogP contribution in [0.3, 0.4) is 0 Å². The van der Waals surface area contributed by atoms with Gasteiger partial charge in [0.1, 0.15) is 0 Å². The van der Waals surface area contributed by atoms with Gasteiger partial charge in [0.15, 0.2) is 0 Å². The predicted octanol–water partition coefficient (Wildman–Crippen LogP) is 1.82. The lowest BCUT2D eigenvalue weighted by atomic mass is 10.0. The van der Waals surface area contributed by atoms with E-state index in [1.807, 2.05) is 23.1 Å². The van der Waals surface area contributed by atoms with E-state index >= 15 is 0 Å². The lowest BCUT2D eigenvalue weighted by Gasteiger charge is -2.34. The highest BCUT2D eigenvalue weighted by Crippen LogP contribution is 2.29. The highest BCUT2D eigenvalue weighted by molar-refractivity contribution is 5.78. The third-order valence-electron chi connectivity index (χ3n) is 5.49. The Morgan fingerprint density at radius 3 is 2.56 bits per heavy atom. The largest absolute Gasteiger partial charge is 0.355 e. The van der Waals surface area contributed by atoms with Crippen LogP contribution in [0.2, 0.25) is 0 Å². The average Bonchev–Trinajstić information content (AvgIpc) is 3.24. The van der Waals surface area contributed by atoms with Crippen molar-refractivity contribution >= 4 is 11.8 Å². The van der Waals surface area contributed by atoms with Crippen LogP contribution in [-0.4, -0.2) is 59.9 Å². The predicted molar refractivity (Wildman–Crippen MR) is 98.2 cm³/mol. The zero-order valence-corrected chi connectivity index (χ0v) is 15.1. The van der Waals surface area contributed by atoms with Gasteiger partial charge in [0, 0.05) is 32.1 Å². The summed E-state index contributed by atoms with van der Waals surface area (Å²) in [5, 5.41) is 3.04. The van der Waals surface area contributed by atoms with E-state index in [4.69, 9.17) is 0 Å². The summed E-state index contributed by atoms with van der Waals surface area (Å²) in [6, 6.07) is 10.8. The van der Waals surface area contributed by atoms with Crippen LogP contribution in [0.5, 0.6) is 0 Å². The first-order valence-electron chi connectivity index (χ1n) is 9.47. The standard InChI is InChI=1S/C20H29N3O2/c1-16(24)23-14-6-10-19(23)18-9-5-13-22(18)15-20(25)21-12-11-17-7-3-2-4-8-17/h2-4,7-8,18-19H,5-6,9-15H2,1H3,(H,21,25)/t18-,19+/m0/s1. The average molecular weight is 343 g/mol. The Kier molecular flexibility index (Phi) is 6.08. The number of hydrogen-bond donors (Lipinski definition) is 1. The summed E-state index contributed by atoms with van der Waals surface area (Å²) in [5.41, 5.74) is 1.24. The topological polar surface area (TPSA) is 52.7 Å². The fraction of sp³-hybridized carbons (Fsp3) is 0.600. The fourth-order valence-electron chi connectivity index (χ4n) is 4.30. The Hall–Kier alpha value is -1.88. The maximum absolute atomic E-state index is 12.3. The van der Waals surface area contributed by atoms with Crippen molar-refractivity contribution in [2.45, 2.75) is 51.1 Å². The molecule has 0 aliphatic carbocycles. The zero-order chi connectivity index (χ0) is 17.6. The lowest BCUT2D eigenvalue weighted by Crippen LogP contribution is -2.50. The summed E-state index contributed by atoms with van der Waals surface area (Å²) in [6.07, 6.45) is 5.21. The molecular formula is C20H29N3O2. The highest BCUT2D eigenvalue weighted by Gasteiger charge is 2.39. The van der Waals surface area contributed by atoms with Crippen molar-refractivity contribution in [3.05, 3.63) is 35.9 Å². The summed E-state index contributed by atoms with van der Waals surface area (Å²) in [7, 11) is 0. The number of carbonyl (C=O) groups is 2. The van der Waals surface area contributed by atoms with Crippen molar-refractivity contribution in [3.63, 3.8) is 0 Å². The molecule has 1 N–H and O–H groups in total. The van der Waals surface area contributed by atoms with Crippen LogP contribution in [0, 0.1) is 0 Å². The number of likely N-dealkylation sites (tertiary alicyclic amines) is 2. The number of amides is 2. The zero-order valence-electron chi connectivity index (χ0n) is 15.1. The molecule has 1 aromatic carbocycles. The second-order valence-corrected chi connectivity index (χ2v) is 7.19. The van der Waals surface area contributed by atoms with Gasteiger partial charge in [-0.1, -0.05) is 30.3 Å².